The minimum atomic E-state index is -0.226. The molecule has 198 valence electrons. The Morgan fingerprint density at radius 2 is 0.889 bits per heavy atom. The van der Waals surface area contributed by atoms with E-state index in [0.29, 0.717) is 9.16 Å². The lowest BCUT2D eigenvalue weighted by Crippen LogP contribution is -2.48. The molecule has 2 aromatic carbocycles. The standard InChI is InChI=1S/C30H42S6/c1-25(2)19-27(5,6)29(31,21-15-11-9-12-16-21)33-23(25)35-36-24-26(3,4)20-28(7,8)30(32,34-24)22-17-13-10-14-18-22/h9-18,23-24,31-32H,19-20H2,1-8H3/t23-,24-,29+,30+/m1/s1. The van der Waals surface area contributed by atoms with E-state index in [-0.39, 0.29) is 29.8 Å². The molecule has 0 bridgehead atoms. The molecule has 36 heavy (non-hydrogen) atoms. The Labute approximate surface area is 247 Å². The van der Waals surface area contributed by atoms with Gasteiger partial charge in [0, 0.05) is 0 Å². The van der Waals surface area contributed by atoms with Crippen molar-refractivity contribution in [2.45, 2.75) is 85.6 Å². The molecule has 2 saturated heterocycles. The largest absolute Gasteiger partial charge is 0.156 e. The van der Waals surface area contributed by atoms with Gasteiger partial charge in [-0.3, -0.25) is 0 Å². The van der Waals surface area contributed by atoms with Crippen molar-refractivity contribution in [3.8, 4) is 0 Å². The molecule has 4 rings (SSSR count). The molecular formula is C30H42S6. The second kappa shape index (κ2) is 10.2. The minimum absolute atomic E-state index is 0.0732. The quantitative estimate of drug-likeness (QED) is 0.261. The van der Waals surface area contributed by atoms with Gasteiger partial charge in [0.05, 0.1) is 17.3 Å². The minimum Gasteiger partial charge on any atom is -0.156 e. The van der Waals surface area contributed by atoms with Crippen LogP contribution >= 0.6 is 70.4 Å². The van der Waals surface area contributed by atoms with Gasteiger partial charge in [0.2, 0.25) is 0 Å². The van der Waals surface area contributed by atoms with Gasteiger partial charge in [-0.05, 0) is 45.6 Å². The molecule has 2 heterocycles. The second-order valence-electron chi connectivity index (χ2n) is 13.2. The molecule has 6 heteroatoms. The summed E-state index contributed by atoms with van der Waals surface area (Å²) in [5.41, 5.74) is 3.19. The first kappa shape index (κ1) is 29.5. The van der Waals surface area contributed by atoms with Crippen molar-refractivity contribution in [2.24, 2.45) is 21.7 Å². The summed E-state index contributed by atoms with van der Waals surface area (Å²) in [5.74, 6) is 0. The zero-order valence-electron chi connectivity index (χ0n) is 22.9. The fourth-order valence-corrected chi connectivity index (χ4v) is 16.3. The van der Waals surface area contributed by atoms with E-state index in [4.69, 9.17) is 25.3 Å². The van der Waals surface area contributed by atoms with Crippen molar-refractivity contribution in [1.29, 1.82) is 0 Å². The van der Waals surface area contributed by atoms with Crippen molar-refractivity contribution in [1.82, 2.24) is 0 Å². The molecule has 0 aromatic heterocycles. The Bertz CT molecular complexity index is 962. The molecule has 0 saturated carbocycles. The average Bonchev–Trinajstić information content (AvgIpc) is 2.78. The first-order chi connectivity index (χ1) is 16.5. The Hall–Kier alpha value is 0.540. The Balaban J connectivity index is 1.59. The number of benzene rings is 2. The zero-order chi connectivity index (χ0) is 26.6. The van der Waals surface area contributed by atoms with E-state index >= 15 is 0 Å². The third kappa shape index (κ3) is 5.31. The van der Waals surface area contributed by atoms with Gasteiger partial charge in [0.15, 0.2) is 0 Å². The summed E-state index contributed by atoms with van der Waals surface area (Å²) in [7, 11) is 4.17. The summed E-state index contributed by atoms with van der Waals surface area (Å²) in [6.07, 6.45) is 2.27. The van der Waals surface area contributed by atoms with E-state index in [1.807, 2.05) is 0 Å². The van der Waals surface area contributed by atoms with Crippen LogP contribution in [0, 0.1) is 21.7 Å². The van der Waals surface area contributed by atoms with E-state index in [1.165, 1.54) is 11.1 Å². The molecule has 2 fully saturated rings. The second-order valence-corrected chi connectivity index (χ2v) is 20.9. The number of rotatable bonds is 5. The summed E-state index contributed by atoms with van der Waals surface area (Å²) >= 11 is 15.0. The molecule has 0 aliphatic carbocycles. The van der Waals surface area contributed by atoms with Gasteiger partial charge in [-0.25, -0.2) is 0 Å². The van der Waals surface area contributed by atoms with Gasteiger partial charge < -0.3 is 0 Å². The zero-order valence-corrected chi connectivity index (χ0v) is 27.9. The van der Waals surface area contributed by atoms with Crippen molar-refractivity contribution in [3.63, 3.8) is 0 Å². The monoisotopic (exact) mass is 594 g/mol. The molecule has 2 aromatic rings. The van der Waals surface area contributed by atoms with Crippen LogP contribution in [0.25, 0.3) is 0 Å². The normalized spacial score (nSPS) is 34.7. The third-order valence-corrected chi connectivity index (χ3v) is 19.5. The SMILES string of the molecule is CC1(C)CC(C)(C)[C@](S)(c2ccccc2)S[C@@H]1SS[C@H]1S[C@@](S)(c2ccccc2)C(C)(C)CC1(C)C. The number of hydrogen-bond donors (Lipinski definition) is 2. The maximum atomic E-state index is 5.43. The fourth-order valence-electron chi connectivity index (χ4n) is 6.28. The predicted molar refractivity (Wildman–Crippen MR) is 177 cm³/mol. The Kier molecular flexibility index (Phi) is 8.35. The summed E-state index contributed by atoms with van der Waals surface area (Å²) in [5, 5.41) is 0. The molecule has 0 unspecified atom stereocenters. The number of hydrogen-bond acceptors (Lipinski definition) is 6. The summed E-state index contributed by atoms with van der Waals surface area (Å²) in [6.45, 7) is 19.4. The van der Waals surface area contributed by atoms with Crippen LogP contribution in [0.4, 0.5) is 0 Å². The maximum absolute atomic E-state index is 5.43. The van der Waals surface area contributed by atoms with Gasteiger partial charge in [0.1, 0.15) is 0 Å². The molecular weight excluding hydrogens is 553 g/mol. The van der Waals surface area contributed by atoms with Crippen molar-refractivity contribution >= 4 is 70.4 Å². The highest BCUT2D eigenvalue weighted by Gasteiger charge is 2.58. The molecule has 4 atom stereocenters. The highest BCUT2D eigenvalue weighted by atomic mass is 33.1. The molecule has 0 amide bonds. The predicted octanol–water partition coefficient (Wildman–Crippen LogP) is 11.0. The van der Waals surface area contributed by atoms with Gasteiger partial charge in [-0.2, -0.15) is 25.3 Å². The lowest BCUT2D eigenvalue weighted by atomic mass is 9.71. The van der Waals surface area contributed by atoms with E-state index in [9.17, 15) is 0 Å². The van der Waals surface area contributed by atoms with Crippen molar-refractivity contribution < 1.29 is 0 Å². The summed E-state index contributed by atoms with van der Waals surface area (Å²) < 4.78 is 0.420. The smallest absolute Gasteiger partial charge is 0.0894 e. The molecule has 0 radical (unpaired) electrons. The molecule has 0 nitrogen and oxygen atoms in total. The van der Waals surface area contributed by atoms with Gasteiger partial charge in [-0.15, -0.1) is 23.5 Å². The van der Waals surface area contributed by atoms with Crippen LogP contribution in [0.2, 0.25) is 0 Å². The van der Waals surface area contributed by atoms with E-state index in [1.54, 1.807) is 0 Å². The van der Waals surface area contributed by atoms with Crippen LogP contribution < -0.4 is 0 Å². The lowest BCUT2D eigenvalue weighted by Gasteiger charge is -2.57. The van der Waals surface area contributed by atoms with Gasteiger partial charge in [-0.1, -0.05) is 138 Å². The van der Waals surface area contributed by atoms with Crippen LogP contribution in [-0.2, 0) is 8.16 Å². The maximum Gasteiger partial charge on any atom is 0.0894 e. The Morgan fingerprint density at radius 1 is 0.583 bits per heavy atom. The van der Waals surface area contributed by atoms with Gasteiger partial charge >= 0.3 is 0 Å². The summed E-state index contributed by atoms with van der Waals surface area (Å²) in [4.78, 5) is 0. The van der Waals surface area contributed by atoms with Crippen molar-refractivity contribution in [3.05, 3.63) is 71.8 Å². The van der Waals surface area contributed by atoms with Gasteiger partial charge in [0.25, 0.3) is 0 Å². The highest BCUT2D eigenvalue weighted by molar-refractivity contribution is 8.80. The van der Waals surface area contributed by atoms with Crippen LogP contribution in [-0.4, -0.2) is 9.16 Å². The first-order valence-corrected chi connectivity index (χ1v) is 17.7. The fraction of sp³-hybridized carbons (Fsp3) is 0.600. The lowest BCUT2D eigenvalue weighted by molar-refractivity contribution is 0.176. The van der Waals surface area contributed by atoms with Crippen LogP contribution in [0.1, 0.15) is 79.4 Å². The third-order valence-electron chi connectivity index (χ3n) is 8.02. The molecule has 0 N–H and O–H groups in total. The number of thioether (sulfide) groups is 2. The summed E-state index contributed by atoms with van der Waals surface area (Å²) in [6, 6.07) is 21.8. The van der Waals surface area contributed by atoms with Crippen molar-refractivity contribution in [2.75, 3.05) is 0 Å². The molecule has 2 aliphatic rings. The average molecular weight is 595 g/mol. The van der Waals surface area contributed by atoms with Crippen LogP contribution in [0.5, 0.6) is 0 Å². The van der Waals surface area contributed by atoms with Crippen LogP contribution in [0.3, 0.4) is 0 Å². The molecule has 2 aliphatic heterocycles. The Morgan fingerprint density at radius 3 is 1.19 bits per heavy atom. The highest BCUT2D eigenvalue weighted by Crippen LogP contribution is 2.72. The topological polar surface area (TPSA) is 0 Å². The van der Waals surface area contributed by atoms with E-state index < -0.39 is 0 Å². The number of thiol groups is 2. The van der Waals surface area contributed by atoms with Crippen LogP contribution in [0.15, 0.2) is 60.7 Å². The van der Waals surface area contributed by atoms with E-state index in [0.717, 1.165) is 12.8 Å². The first-order valence-electron chi connectivity index (χ1n) is 12.8. The van der Waals surface area contributed by atoms with E-state index in [2.05, 4.69) is 161 Å². The molecule has 0 spiro atoms.